The third-order valence-corrected chi connectivity index (χ3v) is 9.11. The number of amides is 2. The molecule has 5 aliphatic rings. The third kappa shape index (κ3) is 4.93. The van der Waals surface area contributed by atoms with Crippen LogP contribution in [0.1, 0.15) is 111 Å². The summed E-state index contributed by atoms with van der Waals surface area (Å²) in [4.78, 5) is 28.9. The number of guanidine groups is 1. The van der Waals surface area contributed by atoms with E-state index in [4.69, 9.17) is 14.9 Å². The van der Waals surface area contributed by atoms with Gasteiger partial charge in [-0.3, -0.25) is 19.9 Å². The lowest BCUT2D eigenvalue weighted by Gasteiger charge is -2.46. The van der Waals surface area contributed by atoms with Gasteiger partial charge in [0.2, 0.25) is 5.91 Å². The van der Waals surface area contributed by atoms with Crippen LogP contribution in [-0.4, -0.2) is 40.4 Å². The number of hydrogen-bond acceptors (Lipinski definition) is 5. The summed E-state index contributed by atoms with van der Waals surface area (Å²) >= 11 is 0. The minimum absolute atomic E-state index is 0.0378. The summed E-state index contributed by atoms with van der Waals surface area (Å²) in [5.41, 5.74) is 2.75. The Morgan fingerprint density at radius 2 is 1.88 bits per heavy atom. The lowest BCUT2D eigenvalue weighted by atomic mass is 9.83. The molecule has 0 radical (unpaired) electrons. The van der Waals surface area contributed by atoms with Crippen molar-refractivity contribution >= 4 is 17.8 Å². The fourth-order valence-electron chi connectivity index (χ4n) is 6.91. The van der Waals surface area contributed by atoms with E-state index in [0.717, 1.165) is 55.4 Å². The van der Waals surface area contributed by atoms with Gasteiger partial charge in [0, 0.05) is 35.1 Å². The molecule has 2 amide bonds. The van der Waals surface area contributed by atoms with Gasteiger partial charge >= 0.3 is 0 Å². The first kappa shape index (κ1) is 26.7. The molecule has 5 heterocycles. The number of benzene rings is 2. The van der Waals surface area contributed by atoms with Gasteiger partial charge in [0.1, 0.15) is 17.1 Å². The van der Waals surface area contributed by atoms with Crippen molar-refractivity contribution in [1.29, 1.82) is 5.41 Å². The van der Waals surface area contributed by atoms with Crippen molar-refractivity contribution in [2.24, 2.45) is 0 Å². The molecule has 8 nitrogen and oxygen atoms in total. The summed E-state index contributed by atoms with van der Waals surface area (Å²) < 4.78 is 12.2. The Morgan fingerprint density at radius 3 is 2.67 bits per heavy atom. The smallest absolute Gasteiger partial charge is 0.251 e. The summed E-state index contributed by atoms with van der Waals surface area (Å²) in [6, 6.07) is 11.3. The minimum atomic E-state index is -0.411. The standard InChI is InChI=1S/C32H40N4O4/c1-4-32-14-7-5-6-8-20-9-11-27-22(16-20)24(18-31(2,3)40-27)34-29(38)21-10-12-26-23(17-21)25(13-15-39-26)36(28(37)19-32)30(33)35-32/h9-12,16-17,24-25H,4-8,13-15,18-19H2,1-3H3,(H2,33,35)(H,34,38)/t24-,25+,32-/m0/s1. The second-order valence-corrected chi connectivity index (χ2v) is 12.5. The molecular weight excluding hydrogens is 504 g/mol. The van der Waals surface area contributed by atoms with Crippen LogP contribution >= 0.6 is 0 Å². The zero-order valence-electron chi connectivity index (χ0n) is 23.8. The van der Waals surface area contributed by atoms with Crippen molar-refractivity contribution in [2.75, 3.05) is 6.61 Å². The predicted octanol–water partition coefficient (Wildman–Crippen LogP) is 5.56. The Labute approximate surface area is 236 Å². The summed E-state index contributed by atoms with van der Waals surface area (Å²) in [7, 11) is 0. The lowest BCUT2D eigenvalue weighted by molar-refractivity contribution is -0.133. The molecule has 7 rings (SSSR count). The largest absolute Gasteiger partial charge is 0.493 e. The summed E-state index contributed by atoms with van der Waals surface area (Å²) in [5, 5.41) is 15.6. The highest BCUT2D eigenvalue weighted by atomic mass is 16.5. The molecule has 0 aliphatic carbocycles. The van der Waals surface area contributed by atoms with E-state index in [1.54, 1.807) is 11.0 Å². The monoisotopic (exact) mass is 544 g/mol. The third-order valence-electron chi connectivity index (χ3n) is 9.11. The first-order chi connectivity index (χ1) is 19.2. The molecule has 0 spiro atoms. The zero-order valence-corrected chi connectivity index (χ0v) is 23.8. The number of hydrogen-bond donors (Lipinski definition) is 3. The molecule has 0 aromatic heterocycles. The van der Waals surface area contributed by atoms with E-state index in [9.17, 15) is 9.59 Å². The molecule has 40 heavy (non-hydrogen) atoms. The zero-order chi connectivity index (χ0) is 28.1. The van der Waals surface area contributed by atoms with Gasteiger partial charge < -0.3 is 20.1 Å². The predicted molar refractivity (Wildman–Crippen MR) is 153 cm³/mol. The Balaban J connectivity index is 1.40. The van der Waals surface area contributed by atoms with Crippen LogP contribution in [0.3, 0.4) is 0 Å². The second-order valence-electron chi connectivity index (χ2n) is 12.5. The lowest BCUT2D eigenvalue weighted by Crippen LogP contribution is -2.63. The van der Waals surface area contributed by atoms with E-state index in [-0.39, 0.29) is 29.9 Å². The molecule has 3 atom stereocenters. The molecule has 1 saturated heterocycles. The van der Waals surface area contributed by atoms with Crippen LogP contribution in [0.4, 0.5) is 0 Å². The first-order valence-corrected chi connectivity index (χ1v) is 14.8. The van der Waals surface area contributed by atoms with Gasteiger partial charge in [0.05, 0.1) is 25.1 Å². The average molecular weight is 545 g/mol. The molecule has 8 heteroatoms. The Hall–Kier alpha value is -3.55. The topological polar surface area (TPSA) is 104 Å². The molecular formula is C32H40N4O4. The maximum absolute atomic E-state index is 13.7. The van der Waals surface area contributed by atoms with Gasteiger partial charge in [-0.25, -0.2) is 0 Å². The maximum atomic E-state index is 13.7. The van der Waals surface area contributed by atoms with Gasteiger partial charge in [0.15, 0.2) is 5.96 Å². The number of fused-ring (bicyclic) bond motifs is 7. The Bertz CT molecular complexity index is 1330. The fraction of sp³-hybridized carbons (Fsp3) is 0.531. The molecule has 212 valence electrons. The molecule has 3 N–H and O–H groups in total. The van der Waals surface area contributed by atoms with Crippen molar-refractivity contribution < 1.29 is 19.1 Å². The van der Waals surface area contributed by atoms with Gasteiger partial charge in [-0.2, -0.15) is 0 Å². The van der Waals surface area contributed by atoms with Crippen LogP contribution < -0.4 is 20.1 Å². The highest BCUT2D eigenvalue weighted by molar-refractivity contribution is 6.00. The van der Waals surface area contributed by atoms with Crippen LogP contribution in [0.5, 0.6) is 11.5 Å². The van der Waals surface area contributed by atoms with Gasteiger partial charge in [-0.15, -0.1) is 0 Å². The number of ether oxygens (including phenoxy) is 2. The average Bonchev–Trinajstić information content (AvgIpc) is 2.91. The van der Waals surface area contributed by atoms with Crippen LogP contribution in [0, 0.1) is 5.41 Å². The number of nitrogens with zero attached hydrogens (tertiary/aromatic N) is 1. The highest BCUT2D eigenvalue weighted by Gasteiger charge is 2.44. The van der Waals surface area contributed by atoms with Crippen molar-refractivity contribution in [3.8, 4) is 11.5 Å². The Morgan fingerprint density at radius 1 is 1.05 bits per heavy atom. The van der Waals surface area contributed by atoms with Crippen molar-refractivity contribution in [3.63, 3.8) is 0 Å². The number of nitrogens with one attached hydrogen (secondary N) is 3. The second kappa shape index (κ2) is 10.1. The molecule has 2 aromatic rings. The number of carbonyl (C=O) groups is 2. The van der Waals surface area contributed by atoms with Crippen LogP contribution in [-0.2, 0) is 11.2 Å². The quantitative estimate of drug-likeness (QED) is 0.436. The van der Waals surface area contributed by atoms with Crippen LogP contribution in [0.15, 0.2) is 36.4 Å². The molecule has 1 fully saturated rings. The summed E-state index contributed by atoms with van der Waals surface area (Å²) in [6.07, 6.45) is 7.25. The number of rotatable bonds is 1. The molecule has 2 aromatic carbocycles. The van der Waals surface area contributed by atoms with Crippen molar-refractivity contribution in [2.45, 2.75) is 102 Å². The first-order valence-electron chi connectivity index (χ1n) is 14.8. The van der Waals surface area contributed by atoms with Crippen molar-refractivity contribution in [3.05, 3.63) is 58.7 Å². The molecule has 6 bridgehead atoms. The summed E-state index contributed by atoms with van der Waals surface area (Å²) in [6.45, 7) is 6.66. The van der Waals surface area contributed by atoms with Crippen LogP contribution in [0.25, 0.3) is 0 Å². The SMILES string of the molecule is CC[C@@]12CCCCCc3ccc4c(c3)[C@H](CC(C)(C)O4)NC(=O)c3ccc4c(c3)[C@@H](CCO4)N(C(=N)N1)C(=O)C2. The van der Waals surface area contributed by atoms with Crippen molar-refractivity contribution in [1.82, 2.24) is 15.5 Å². The van der Waals surface area contributed by atoms with E-state index in [1.807, 2.05) is 18.2 Å². The van der Waals surface area contributed by atoms with E-state index in [1.165, 1.54) is 5.56 Å². The van der Waals surface area contributed by atoms with E-state index >= 15 is 0 Å². The normalized spacial score (nSPS) is 27.8. The van der Waals surface area contributed by atoms with E-state index < -0.39 is 11.1 Å². The van der Waals surface area contributed by atoms with E-state index in [0.29, 0.717) is 37.2 Å². The van der Waals surface area contributed by atoms with Crippen LogP contribution in [0.2, 0.25) is 0 Å². The maximum Gasteiger partial charge on any atom is 0.251 e. The molecule has 0 saturated carbocycles. The highest BCUT2D eigenvalue weighted by Crippen LogP contribution is 2.42. The Kier molecular flexibility index (Phi) is 6.75. The van der Waals surface area contributed by atoms with E-state index in [2.05, 4.69) is 43.5 Å². The number of aryl methyl sites for hydroxylation is 1. The minimum Gasteiger partial charge on any atom is -0.493 e. The van der Waals surface area contributed by atoms with Gasteiger partial charge in [0.25, 0.3) is 5.91 Å². The number of carbonyl (C=O) groups excluding carboxylic acids is 2. The fourth-order valence-corrected chi connectivity index (χ4v) is 6.91. The summed E-state index contributed by atoms with van der Waals surface area (Å²) in [5.74, 6) is 1.43. The van der Waals surface area contributed by atoms with Gasteiger partial charge in [-0.1, -0.05) is 31.9 Å². The molecule has 5 aliphatic heterocycles. The van der Waals surface area contributed by atoms with Gasteiger partial charge in [-0.05, 0) is 69.4 Å². The molecule has 0 unspecified atom stereocenters.